The predicted molar refractivity (Wildman–Crippen MR) is 121 cm³/mol. The van der Waals surface area contributed by atoms with E-state index in [2.05, 4.69) is 4.72 Å². The minimum atomic E-state index is -4.41. The van der Waals surface area contributed by atoms with E-state index in [1.165, 1.54) is 10.4 Å². The zero-order valence-corrected chi connectivity index (χ0v) is 19.9. The lowest BCUT2D eigenvalue weighted by Gasteiger charge is -2.39. The van der Waals surface area contributed by atoms with Crippen molar-refractivity contribution in [3.8, 4) is 0 Å². The summed E-state index contributed by atoms with van der Waals surface area (Å²) in [5.41, 5.74) is 4.55. The second-order valence-corrected chi connectivity index (χ2v) is 10.9. The van der Waals surface area contributed by atoms with Crippen LogP contribution in [-0.2, 0) is 15.0 Å². The van der Waals surface area contributed by atoms with Crippen LogP contribution in [0, 0.1) is 11.8 Å². The fourth-order valence-electron chi connectivity index (χ4n) is 4.45. The Labute approximate surface area is 198 Å². The Morgan fingerprint density at radius 2 is 1.85 bits per heavy atom. The summed E-state index contributed by atoms with van der Waals surface area (Å²) in [5, 5.41) is 27.5. The number of piperidine rings is 1. The summed E-state index contributed by atoms with van der Waals surface area (Å²) in [6.07, 6.45) is -0.841. The molecule has 0 radical (unpaired) electrons. The molecule has 0 aromatic heterocycles. The van der Waals surface area contributed by atoms with Crippen LogP contribution in [0.25, 0.3) is 0 Å². The van der Waals surface area contributed by atoms with Gasteiger partial charge in [-0.3, -0.25) is 4.79 Å². The Morgan fingerprint density at radius 3 is 2.35 bits per heavy atom. The molecule has 2 rings (SSSR count). The zero-order chi connectivity index (χ0) is 25.7. The van der Waals surface area contributed by atoms with Gasteiger partial charge in [-0.1, -0.05) is 37.5 Å². The summed E-state index contributed by atoms with van der Waals surface area (Å²) in [6, 6.07) is 0. The fourth-order valence-corrected chi connectivity index (χ4v) is 5.67. The van der Waals surface area contributed by atoms with Crippen LogP contribution in [0.3, 0.4) is 0 Å². The average molecular weight is 511 g/mol. The molecule has 0 amide bonds. The molecule has 194 valence electrons. The number of carbonyl (C=O) groups is 1. The van der Waals surface area contributed by atoms with Crippen molar-refractivity contribution in [1.82, 2.24) is 9.03 Å². The molecule has 1 fully saturated rings. The van der Waals surface area contributed by atoms with Crippen molar-refractivity contribution >= 4 is 23.3 Å². The summed E-state index contributed by atoms with van der Waals surface area (Å²) in [7, 11) is -5.38. The van der Waals surface area contributed by atoms with E-state index < -0.39 is 52.4 Å². The second kappa shape index (κ2) is 11.5. The van der Waals surface area contributed by atoms with Crippen LogP contribution >= 0.6 is 0 Å². The van der Waals surface area contributed by atoms with Gasteiger partial charge < -0.3 is 20.9 Å². The first-order valence-electron chi connectivity index (χ1n) is 11.3. The van der Waals surface area contributed by atoms with Crippen molar-refractivity contribution < 1.29 is 41.5 Å². The van der Waals surface area contributed by atoms with Gasteiger partial charge in [0.1, 0.15) is 5.54 Å². The molecule has 0 aromatic rings. The Balaban J connectivity index is 1.93. The molecule has 0 aromatic carbocycles. The van der Waals surface area contributed by atoms with E-state index in [0.29, 0.717) is 18.4 Å². The quantitative estimate of drug-likeness (QED) is 0.208. The highest BCUT2D eigenvalue weighted by Crippen LogP contribution is 2.36. The number of aliphatic carboxylic acids is 1. The average Bonchev–Trinajstić information content (AvgIpc) is 2.75. The van der Waals surface area contributed by atoms with Crippen molar-refractivity contribution in [2.24, 2.45) is 17.6 Å². The number of nitrogens with two attached hydrogens (primary N) is 1. The van der Waals surface area contributed by atoms with Gasteiger partial charge in [-0.05, 0) is 43.8 Å². The first-order valence-corrected chi connectivity index (χ1v) is 12.7. The van der Waals surface area contributed by atoms with Gasteiger partial charge in [0.2, 0.25) is 0 Å². The highest BCUT2D eigenvalue weighted by atomic mass is 32.2. The minimum absolute atomic E-state index is 0.0638. The highest BCUT2D eigenvalue weighted by molar-refractivity contribution is 7.87. The number of nitrogens with one attached hydrogen (secondary N) is 1. The van der Waals surface area contributed by atoms with Gasteiger partial charge in [0.25, 0.3) is 10.2 Å². The number of carboxylic acids is 1. The third-order valence-corrected chi connectivity index (χ3v) is 8.26. The van der Waals surface area contributed by atoms with Crippen molar-refractivity contribution in [3.05, 3.63) is 23.3 Å². The molecule has 0 saturated carbocycles. The van der Waals surface area contributed by atoms with Crippen LogP contribution in [0.1, 0.15) is 45.4 Å². The number of halogens is 3. The molecule has 0 bridgehead atoms. The lowest BCUT2D eigenvalue weighted by Crippen LogP contribution is -2.58. The number of rotatable bonds is 11. The monoisotopic (exact) mass is 511 g/mol. The van der Waals surface area contributed by atoms with Crippen LogP contribution in [-0.4, -0.2) is 72.3 Å². The molecule has 1 aliphatic heterocycles. The number of allylic oxidation sites excluding steroid dienone is 3. The standard InChI is InChI=1S/C20H33BF3N3O6S/c1-14-12-17(20(22,23)24)5-4-15(14)13-26-34(32,33)27-10-6-16(7-11-27)19(25,18(28)29)8-2-3-9-21(30)31/h4-5,14,16,26,30-31H,2-3,6-13,25H2,1H3,(H,28,29). The normalized spacial score (nSPS) is 22.6. The van der Waals surface area contributed by atoms with Crippen molar-refractivity contribution in [3.63, 3.8) is 0 Å². The molecule has 2 aliphatic rings. The van der Waals surface area contributed by atoms with Crippen LogP contribution in [0.5, 0.6) is 0 Å². The largest absolute Gasteiger partial charge is 0.480 e. The molecular formula is C20H33BF3N3O6S. The van der Waals surface area contributed by atoms with Gasteiger partial charge in [0.15, 0.2) is 0 Å². The van der Waals surface area contributed by atoms with Crippen LogP contribution in [0.2, 0.25) is 6.32 Å². The second-order valence-electron chi connectivity index (χ2n) is 9.11. The smallest absolute Gasteiger partial charge is 0.451 e. The molecule has 34 heavy (non-hydrogen) atoms. The third-order valence-electron chi connectivity index (χ3n) is 6.70. The van der Waals surface area contributed by atoms with Gasteiger partial charge in [-0.15, -0.1) is 0 Å². The Morgan fingerprint density at radius 1 is 1.24 bits per heavy atom. The van der Waals surface area contributed by atoms with Gasteiger partial charge in [-0.2, -0.15) is 30.6 Å². The van der Waals surface area contributed by atoms with Crippen LogP contribution < -0.4 is 10.5 Å². The van der Waals surface area contributed by atoms with E-state index >= 15 is 0 Å². The number of alkyl halides is 3. The van der Waals surface area contributed by atoms with E-state index in [1.54, 1.807) is 6.92 Å². The SMILES string of the molecule is CC1CC(C(F)(F)F)=CC=C1CNS(=O)(=O)N1CCC(C(N)(CCCCB(O)O)C(=O)O)CC1. The number of carboxylic acid groups (broad SMARTS) is 1. The first kappa shape index (κ1) is 28.8. The number of hydrogen-bond donors (Lipinski definition) is 5. The maximum atomic E-state index is 12.9. The molecule has 2 unspecified atom stereocenters. The van der Waals surface area contributed by atoms with Crippen LogP contribution in [0.4, 0.5) is 13.2 Å². The van der Waals surface area contributed by atoms with E-state index in [1.807, 2.05) is 0 Å². The first-order chi connectivity index (χ1) is 15.7. The third kappa shape index (κ3) is 7.52. The topological polar surface area (TPSA) is 153 Å². The summed E-state index contributed by atoms with van der Waals surface area (Å²) < 4.78 is 67.7. The summed E-state index contributed by atoms with van der Waals surface area (Å²) in [5.74, 6) is -2.10. The molecule has 1 heterocycles. The summed E-state index contributed by atoms with van der Waals surface area (Å²) in [4.78, 5) is 11.9. The number of hydrogen-bond acceptors (Lipinski definition) is 6. The van der Waals surface area contributed by atoms with E-state index in [-0.39, 0.29) is 51.6 Å². The molecule has 0 spiro atoms. The van der Waals surface area contributed by atoms with Crippen molar-refractivity contribution in [2.75, 3.05) is 19.6 Å². The van der Waals surface area contributed by atoms with Crippen molar-refractivity contribution in [1.29, 1.82) is 0 Å². The molecule has 6 N–H and O–H groups in total. The zero-order valence-electron chi connectivity index (χ0n) is 19.1. The van der Waals surface area contributed by atoms with Crippen LogP contribution in [0.15, 0.2) is 23.3 Å². The molecule has 1 aliphatic carbocycles. The van der Waals surface area contributed by atoms with Gasteiger partial charge in [0.05, 0.1) is 0 Å². The van der Waals surface area contributed by atoms with Gasteiger partial charge >= 0.3 is 19.3 Å². The summed E-state index contributed by atoms with van der Waals surface area (Å²) >= 11 is 0. The molecule has 2 atom stereocenters. The lowest BCUT2D eigenvalue weighted by molar-refractivity contribution is -0.146. The predicted octanol–water partition coefficient (Wildman–Crippen LogP) is 1.41. The maximum Gasteiger partial charge on any atom is 0.451 e. The molecular weight excluding hydrogens is 478 g/mol. The van der Waals surface area contributed by atoms with Gasteiger partial charge in [-0.25, -0.2) is 0 Å². The molecule has 1 saturated heterocycles. The Bertz CT molecular complexity index is 888. The number of unbranched alkanes of at least 4 members (excludes halogenated alkanes) is 1. The van der Waals surface area contributed by atoms with E-state index in [0.717, 1.165) is 6.08 Å². The van der Waals surface area contributed by atoms with E-state index in [9.17, 15) is 31.5 Å². The fraction of sp³-hybridized carbons (Fsp3) is 0.750. The Hall–Kier alpha value is -1.45. The minimum Gasteiger partial charge on any atom is -0.480 e. The molecule has 9 nitrogen and oxygen atoms in total. The van der Waals surface area contributed by atoms with E-state index in [4.69, 9.17) is 15.8 Å². The maximum absolute atomic E-state index is 12.9. The van der Waals surface area contributed by atoms with Crippen molar-refractivity contribution in [2.45, 2.75) is 63.5 Å². The van der Waals surface area contributed by atoms with Gasteiger partial charge in [0, 0.05) is 25.2 Å². The highest BCUT2D eigenvalue weighted by Gasteiger charge is 2.44. The Kier molecular flexibility index (Phi) is 9.76. The summed E-state index contributed by atoms with van der Waals surface area (Å²) in [6.45, 7) is 1.62. The lowest BCUT2D eigenvalue weighted by atomic mass is 9.74. The molecule has 14 heteroatoms. The number of nitrogens with zero attached hydrogens (tertiary/aromatic N) is 1.